The molecule has 2 aromatic heterocycles. The van der Waals surface area contributed by atoms with E-state index in [-0.39, 0.29) is 11.8 Å². The molecule has 0 radical (unpaired) electrons. The number of anilines is 1. The molecule has 1 fully saturated rings. The van der Waals surface area contributed by atoms with Crippen LogP contribution in [0.3, 0.4) is 0 Å². The van der Waals surface area contributed by atoms with Gasteiger partial charge in [0.15, 0.2) is 0 Å². The summed E-state index contributed by atoms with van der Waals surface area (Å²) < 4.78 is 0. The lowest BCUT2D eigenvalue weighted by Crippen LogP contribution is -2.50. The van der Waals surface area contributed by atoms with E-state index in [4.69, 9.17) is 0 Å². The maximum atomic E-state index is 12.6. The molecule has 1 aliphatic heterocycles. The minimum Gasteiger partial charge on any atom is -0.353 e. The molecule has 6 heteroatoms. The Balaban J connectivity index is 1.61. The van der Waals surface area contributed by atoms with Gasteiger partial charge in [0.05, 0.1) is 5.92 Å². The monoisotopic (exact) mass is 316 g/mol. The Morgan fingerprint density at radius 2 is 2.05 bits per heavy atom. The molecule has 3 rings (SSSR count). The Labute approximate surface area is 134 Å². The molecule has 0 saturated carbocycles. The molecule has 0 aliphatic carbocycles. The van der Waals surface area contributed by atoms with Crippen molar-refractivity contribution in [2.45, 2.75) is 19.8 Å². The van der Waals surface area contributed by atoms with Crippen molar-refractivity contribution in [3.8, 4) is 0 Å². The van der Waals surface area contributed by atoms with E-state index < -0.39 is 0 Å². The number of amides is 1. The van der Waals surface area contributed by atoms with E-state index in [9.17, 15) is 4.79 Å². The van der Waals surface area contributed by atoms with E-state index in [0.29, 0.717) is 0 Å². The van der Waals surface area contributed by atoms with E-state index in [1.807, 2.05) is 36.3 Å². The number of piperazine rings is 1. The zero-order valence-electron chi connectivity index (χ0n) is 12.9. The molecule has 1 amide bonds. The fraction of sp³-hybridized carbons (Fsp3) is 0.438. The summed E-state index contributed by atoms with van der Waals surface area (Å²) in [4.78, 5) is 25.3. The quantitative estimate of drug-likeness (QED) is 0.872. The van der Waals surface area contributed by atoms with Crippen LogP contribution in [0, 0.1) is 6.92 Å². The summed E-state index contributed by atoms with van der Waals surface area (Å²) >= 11 is 1.64. The number of carbonyl (C=O) groups is 1. The molecule has 5 nitrogen and oxygen atoms in total. The third-order valence-electron chi connectivity index (χ3n) is 4.09. The van der Waals surface area contributed by atoms with Crippen LogP contribution in [0.4, 0.5) is 5.82 Å². The van der Waals surface area contributed by atoms with Gasteiger partial charge in [-0.3, -0.25) is 4.79 Å². The van der Waals surface area contributed by atoms with E-state index in [1.54, 1.807) is 17.5 Å². The predicted molar refractivity (Wildman–Crippen MR) is 88.3 cm³/mol. The first-order valence-corrected chi connectivity index (χ1v) is 8.45. The number of hydrogen-bond donors (Lipinski definition) is 0. The van der Waals surface area contributed by atoms with Crippen molar-refractivity contribution in [3.63, 3.8) is 0 Å². The molecule has 1 saturated heterocycles. The third-order valence-corrected chi connectivity index (χ3v) is 4.79. The van der Waals surface area contributed by atoms with Crippen LogP contribution in [-0.2, 0) is 4.79 Å². The van der Waals surface area contributed by atoms with Gasteiger partial charge in [-0.2, -0.15) is 11.3 Å². The normalized spacial score (nSPS) is 16.6. The lowest BCUT2D eigenvalue weighted by molar-refractivity contribution is -0.132. The van der Waals surface area contributed by atoms with Gasteiger partial charge in [0.25, 0.3) is 0 Å². The topological polar surface area (TPSA) is 49.3 Å². The van der Waals surface area contributed by atoms with Gasteiger partial charge in [0, 0.05) is 32.4 Å². The van der Waals surface area contributed by atoms with E-state index >= 15 is 0 Å². The zero-order valence-corrected chi connectivity index (χ0v) is 13.7. The van der Waals surface area contributed by atoms with Crippen LogP contribution in [0.1, 0.15) is 24.2 Å². The van der Waals surface area contributed by atoms with E-state index in [0.717, 1.165) is 43.4 Å². The fourth-order valence-corrected chi connectivity index (χ4v) is 3.47. The van der Waals surface area contributed by atoms with Crippen molar-refractivity contribution < 1.29 is 4.79 Å². The van der Waals surface area contributed by atoms with Crippen LogP contribution in [-0.4, -0.2) is 47.0 Å². The van der Waals surface area contributed by atoms with Gasteiger partial charge in [0.1, 0.15) is 11.6 Å². The largest absolute Gasteiger partial charge is 0.353 e. The van der Waals surface area contributed by atoms with Crippen molar-refractivity contribution in [3.05, 3.63) is 40.5 Å². The summed E-state index contributed by atoms with van der Waals surface area (Å²) in [6.45, 7) is 7.01. The number of thiophene rings is 1. The summed E-state index contributed by atoms with van der Waals surface area (Å²) in [5.41, 5.74) is 1.11. The predicted octanol–water partition coefficient (Wildman–Crippen LogP) is 2.30. The lowest BCUT2D eigenvalue weighted by atomic mass is 10.0. The van der Waals surface area contributed by atoms with Crippen molar-refractivity contribution in [1.82, 2.24) is 14.9 Å². The Hall–Kier alpha value is -1.95. The van der Waals surface area contributed by atoms with Gasteiger partial charge in [0.2, 0.25) is 5.91 Å². The fourth-order valence-electron chi connectivity index (χ4n) is 2.71. The first-order chi connectivity index (χ1) is 10.6. The first-order valence-electron chi connectivity index (χ1n) is 7.50. The van der Waals surface area contributed by atoms with E-state index in [1.165, 1.54) is 0 Å². The number of carbonyl (C=O) groups excluding carboxylic acids is 1. The summed E-state index contributed by atoms with van der Waals surface area (Å²) in [7, 11) is 0. The average Bonchev–Trinajstić information content (AvgIpc) is 3.08. The molecule has 0 bridgehead atoms. The smallest absolute Gasteiger partial charge is 0.229 e. The molecule has 0 spiro atoms. The average molecular weight is 316 g/mol. The van der Waals surface area contributed by atoms with Crippen molar-refractivity contribution in [2.24, 2.45) is 0 Å². The Morgan fingerprint density at radius 3 is 2.68 bits per heavy atom. The second-order valence-electron chi connectivity index (χ2n) is 5.55. The summed E-state index contributed by atoms with van der Waals surface area (Å²) in [6, 6.07) is 3.96. The van der Waals surface area contributed by atoms with Gasteiger partial charge in [-0.05, 0) is 42.3 Å². The molecule has 1 aliphatic rings. The molecule has 1 atom stereocenters. The summed E-state index contributed by atoms with van der Waals surface area (Å²) in [5.74, 6) is 1.89. The Bertz CT molecular complexity index is 635. The maximum Gasteiger partial charge on any atom is 0.229 e. The zero-order chi connectivity index (χ0) is 15.5. The van der Waals surface area contributed by atoms with Gasteiger partial charge >= 0.3 is 0 Å². The molecule has 116 valence electrons. The van der Waals surface area contributed by atoms with Crippen LogP contribution in [0.5, 0.6) is 0 Å². The second-order valence-corrected chi connectivity index (χ2v) is 6.33. The number of hydrogen-bond acceptors (Lipinski definition) is 5. The Morgan fingerprint density at radius 1 is 1.27 bits per heavy atom. The molecule has 0 N–H and O–H groups in total. The highest BCUT2D eigenvalue weighted by molar-refractivity contribution is 7.08. The number of aryl methyl sites for hydroxylation is 1. The molecule has 3 heterocycles. The van der Waals surface area contributed by atoms with Crippen molar-refractivity contribution in [2.75, 3.05) is 31.1 Å². The summed E-state index contributed by atoms with van der Waals surface area (Å²) in [5, 5.41) is 4.08. The standard InChI is InChI=1S/C16H20N4OS/c1-12(14-4-10-22-11-14)16(21)20-8-6-19(7-9-20)15-3-5-17-13(2)18-15/h3-5,10-12H,6-9H2,1-2H3. The molecule has 22 heavy (non-hydrogen) atoms. The lowest BCUT2D eigenvalue weighted by Gasteiger charge is -2.36. The van der Waals surface area contributed by atoms with E-state index in [2.05, 4.69) is 20.2 Å². The Kier molecular flexibility index (Phi) is 4.38. The van der Waals surface area contributed by atoms with Crippen LogP contribution in [0.25, 0.3) is 0 Å². The van der Waals surface area contributed by atoms with Crippen molar-refractivity contribution in [1.29, 1.82) is 0 Å². The van der Waals surface area contributed by atoms with Gasteiger partial charge in [-0.1, -0.05) is 0 Å². The number of rotatable bonds is 3. The van der Waals surface area contributed by atoms with Gasteiger partial charge in [-0.15, -0.1) is 0 Å². The first kappa shape index (κ1) is 15.0. The molecular weight excluding hydrogens is 296 g/mol. The molecular formula is C16H20N4OS. The minimum absolute atomic E-state index is 0.0564. The highest BCUT2D eigenvalue weighted by Gasteiger charge is 2.26. The van der Waals surface area contributed by atoms with Crippen LogP contribution in [0.15, 0.2) is 29.1 Å². The van der Waals surface area contributed by atoms with Gasteiger partial charge < -0.3 is 9.80 Å². The van der Waals surface area contributed by atoms with Crippen molar-refractivity contribution >= 4 is 23.1 Å². The molecule has 1 unspecified atom stereocenters. The minimum atomic E-state index is -0.0564. The van der Waals surface area contributed by atoms with Gasteiger partial charge in [-0.25, -0.2) is 9.97 Å². The number of aromatic nitrogens is 2. The van der Waals surface area contributed by atoms with Crippen LogP contribution < -0.4 is 4.90 Å². The maximum absolute atomic E-state index is 12.6. The SMILES string of the molecule is Cc1nccc(N2CCN(C(=O)C(C)c3ccsc3)CC2)n1. The van der Waals surface area contributed by atoms with Crippen LogP contribution >= 0.6 is 11.3 Å². The van der Waals surface area contributed by atoms with Crippen LogP contribution in [0.2, 0.25) is 0 Å². The highest BCUT2D eigenvalue weighted by Crippen LogP contribution is 2.22. The molecule has 0 aromatic carbocycles. The highest BCUT2D eigenvalue weighted by atomic mass is 32.1. The summed E-state index contributed by atoms with van der Waals surface area (Å²) in [6.07, 6.45) is 1.79. The number of nitrogens with zero attached hydrogens (tertiary/aromatic N) is 4. The second kappa shape index (κ2) is 6.44. The third kappa shape index (κ3) is 3.11. The molecule has 2 aromatic rings.